The van der Waals surface area contributed by atoms with Crippen LogP contribution in [0.1, 0.15) is 43.3 Å². The second kappa shape index (κ2) is 6.54. The van der Waals surface area contributed by atoms with Gasteiger partial charge < -0.3 is 0 Å². The van der Waals surface area contributed by atoms with E-state index in [1.165, 1.54) is 62.6 Å². The molecule has 0 bridgehead atoms. The second-order valence-corrected chi connectivity index (χ2v) is 7.37. The first-order chi connectivity index (χ1) is 9.76. The van der Waals surface area contributed by atoms with Crippen molar-refractivity contribution in [2.45, 2.75) is 58.0 Å². The first-order valence-corrected chi connectivity index (χ1v) is 9.03. The van der Waals surface area contributed by atoms with Crippen molar-refractivity contribution in [3.05, 3.63) is 16.1 Å². The molecule has 3 heterocycles. The van der Waals surface area contributed by atoms with Crippen molar-refractivity contribution in [3.63, 3.8) is 0 Å². The Morgan fingerprint density at radius 3 is 3.00 bits per heavy atom. The number of thiazole rings is 1. The molecule has 0 N–H and O–H groups in total. The summed E-state index contributed by atoms with van der Waals surface area (Å²) in [6, 6.07) is 1.58. The standard InChI is InChI=1S/C16H27N3S/c1-3-15-10-18-8-5-4-6-16(18)11-19(15)9-7-14-12-20-13(2)17-14/h12,15-16H,3-11H2,1-2H3. The van der Waals surface area contributed by atoms with Gasteiger partial charge in [-0.05, 0) is 32.7 Å². The van der Waals surface area contributed by atoms with Crippen LogP contribution in [0.5, 0.6) is 0 Å². The maximum absolute atomic E-state index is 4.61. The Morgan fingerprint density at radius 2 is 2.25 bits per heavy atom. The van der Waals surface area contributed by atoms with E-state index in [0.717, 1.165) is 18.5 Å². The lowest BCUT2D eigenvalue weighted by molar-refractivity contribution is 0.00817. The summed E-state index contributed by atoms with van der Waals surface area (Å²) in [5.74, 6) is 0. The van der Waals surface area contributed by atoms with Crippen LogP contribution < -0.4 is 0 Å². The first kappa shape index (κ1) is 14.5. The number of hydrogen-bond donors (Lipinski definition) is 0. The van der Waals surface area contributed by atoms with Crippen molar-refractivity contribution in [1.29, 1.82) is 0 Å². The Hall–Kier alpha value is -0.450. The zero-order valence-corrected chi connectivity index (χ0v) is 13.7. The van der Waals surface area contributed by atoms with Crippen LogP contribution in [0.15, 0.2) is 5.38 Å². The van der Waals surface area contributed by atoms with Crippen LogP contribution >= 0.6 is 11.3 Å². The number of piperidine rings is 1. The van der Waals surface area contributed by atoms with Gasteiger partial charge in [0.25, 0.3) is 0 Å². The van der Waals surface area contributed by atoms with Gasteiger partial charge in [-0.3, -0.25) is 9.80 Å². The van der Waals surface area contributed by atoms with Gasteiger partial charge in [0.2, 0.25) is 0 Å². The van der Waals surface area contributed by atoms with Crippen molar-refractivity contribution in [3.8, 4) is 0 Å². The van der Waals surface area contributed by atoms with Gasteiger partial charge in [0.1, 0.15) is 0 Å². The van der Waals surface area contributed by atoms with Gasteiger partial charge in [-0.15, -0.1) is 11.3 Å². The third kappa shape index (κ3) is 3.23. The predicted octanol–water partition coefficient (Wildman–Crippen LogP) is 2.94. The molecular formula is C16H27N3S. The highest BCUT2D eigenvalue weighted by Crippen LogP contribution is 2.25. The third-order valence-electron chi connectivity index (χ3n) is 4.95. The lowest BCUT2D eigenvalue weighted by Crippen LogP contribution is -2.59. The van der Waals surface area contributed by atoms with E-state index in [0.29, 0.717) is 0 Å². The summed E-state index contributed by atoms with van der Waals surface area (Å²) >= 11 is 1.78. The Bertz CT molecular complexity index is 431. The third-order valence-corrected chi connectivity index (χ3v) is 5.77. The molecule has 2 fully saturated rings. The van der Waals surface area contributed by atoms with Gasteiger partial charge in [-0.1, -0.05) is 13.3 Å². The minimum Gasteiger partial charge on any atom is -0.298 e. The van der Waals surface area contributed by atoms with E-state index in [2.05, 4.69) is 34.0 Å². The van der Waals surface area contributed by atoms with Gasteiger partial charge >= 0.3 is 0 Å². The molecule has 2 unspecified atom stereocenters. The Labute approximate surface area is 127 Å². The lowest BCUT2D eigenvalue weighted by atomic mass is 9.95. The van der Waals surface area contributed by atoms with Crippen LogP contribution in [0.25, 0.3) is 0 Å². The molecule has 0 aliphatic carbocycles. The van der Waals surface area contributed by atoms with Crippen LogP contribution in [0, 0.1) is 6.92 Å². The van der Waals surface area contributed by atoms with E-state index in [-0.39, 0.29) is 0 Å². The molecule has 20 heavy (non-hydrogen) atoms. The SMILES string of the molecule is CCC1CN2CCCCC2CN1CCc1csc(C)n1. The summed E-state index contributed by atoms with van der Waals surface area (Å²) in [6.45, 7) is 9.53. The smallest absolute Gasteiger partial charge is 0.0897 e. The maximum Gasteiger partial charge on any atom is 0.0897 e. The summed E-state index contributed by atoms with van der Waals surface area (Å²) in [4.78, 5) is 10.1. The first-order valence-electron chi connectivity index (χ1n) is 8.15. The highest BCUT2D eigenvalue weighted by molar-refractivity contribution is 7.09. The molecule has 4 heteroatoms. The van der Waals surface area contributed by atoms with Gasteiger partial charge in [0, 0.05) is 43.5 Å². The van der Waals surface area contributed by atoms with Crippen molar-refractivity contribution in [1.82, 2.24) is 14.8 Å². The summed E-state index contributed by atoms with van der Waals surface area (Å²) < 4.78 is 0. The molecule has 112 valence electrons. The van der Waals surface area contributed by atoms with Crippen molar-refractivity contribution in [2.75, 3.05) is 26.2 Å². The molecule has 2 saturated heterocycles. The molecule has 1 aromatic heterocycles. The minimum absolute atomic E-state index is 0.754. The van der Waals surface area contributed by atoms with E-state index in [4.69, 9.17) is 0 Å². The van der Waals surface area contributed by atoms with E-state index in [1.54, 1.807) is 11.3 Å². The summed E-state index contributed by atoms with van der Waals surface area (Å²) in [5.41, 5.74) is 1.29. The molecule has 0 aromatic carbocycles. The molecule has 2 aliphatic rings. The summed E-state index contributed by atoms with van der Waals surface area (Å²) in [6.07, 6.45) is 6.64. The summed E-state index contributed by atoms with van der Waals surface area (Å²) in [7, 11) is 0. The van der Waals surface area contributed by atoms with Crippen LogP contribution in [0.3, 0.4) is 0 Å². The molecule has 2 aliphatic heterocycles. The number of piperazine rings is 1. The number of aryl methyl sites for hydroxylation is 1. The molecule has 0 saturated carbocycles. The molecule has 0 radical (unpaired) electrons. The highest BCUT2D eigenvalue weighted by Gasteiger charge is 2.33. The topological polar surface area (TPSA) is 19.4 Å². The molecule has 0 spiro atoms. The molecule has 2 atom stereocenters. The van der Waals surface area contributed by atoms with Crippen LogP contribution in [0.4, 0.5) is 0 Å². The fourth-order valence-electron chi connectivity index (χ4n) is 3.76. The maximum atomic E-state index is 4.61. The summed E-state index contributed by atoms with van der Waals surface area (Å²) in [5, 5.41) is 3.43. The van der Waals surface area contributed by atoms with E-state index < -0.39 is 0 Å². The Balaban J connectivity index is 1.58. The molecule has 3 nitrogen and oxygen atoms in total. The monoisotopic (exact) mass is 293 g/mol. The minimum atomic E-state index is 0.754. The highest BCUT2D eigenvalue weighted by atomic mass is 32.1. The van der Waals surface area contributed by atoms with Crippen molar-refractivity contribution in [2.24, 2.45) is 0 Å². The number of nitrogens with zero attached hydrogens (tertiary/aromatic N) is 3. The number of rotatable bonds is 4. The fourth-order valence-corrected chi connectivity index (χ4v) is 4.40. The zero-order chi connectivity index (χ0) is 13.9. The Kier molecular flexibility index (Phi) is 4.74. The number of aromatic nitrogens is 1. The lowest BCUT2D eigenvalue weighted by Gasteiger charge is -2.48. The number of fused-ring (bicyclic) bond motifs is 1. The van der Waals surface area contributed by atoms with Crippen LogP contribution in [-0.4, -0.2) is 53.0 Å². The van der Waals surface area contributed by atoms with E-state index >= 15 is 0 Å². The fraction of sp³-hybridized carbons (Fsp3) is 0.812. The largest absolute Gasteiger partial charge is 0.298 e. The predicted molar refractivity (Wildman–Crippen MR) is 85.4 cm³/mol. The molecule has 3 rings (SSSR count). The number of hydrogen-bond acceptors (Lipinski definition) is 4. The Morgan fingerprint density at radius 1 is 1.35 bits per heavy atom. The van der Waals surface area contributed by atoms with Gasteiger partial charge in [0.15, 0.2) is 0 Å². The van der Waals surface area contributed by atoms with E-state index in [9.17, 15) is 0 Å². The van der Waals surface area contributed by atoms with Crippen molar-refractivity contribution >= 4 is 11.3 Å². The van der Waals surface area contributed by atoms with Crippen molar-refractivity contribution < 1.29 is 0 Å². The second-order valence-electron chi connectivity index (χ2n) is 6.31. The van der Waals surface area contributed by atoms with E-state index in [1.807, 2.05) is 0 Å². The van der Waals surface area contributed by atoms with Crippen LogP contribution in [0.2, 0.25) is 0 Å². The molecule has 1 aromatic rings. The molecular weight excluding hydrogens is 266 g/mol. The van der Waals surface area contributed by atoms with Crippen LogP contribution in [-0.2, 0) is 6.42 Å². The average Bonchev–Trinajstić information content (AvgIpc) is 2.89. The van der Waals surface area contributed by atoms with Gasteiger partial charge in [0.05, 0.1) is 10.7 Å². The molecule has 0 amide bonds. The zero-order valence-electron chi connectivity index (χ0n) is 12.8. The van der Waals surface area contributed by atoms with Gasteiger partial charge in [-0.2, -0.15) is 0 Å². The normalized spacial score (nSPS) is 28.5. The quantitative estimate of drug-likeness (QED) is 0.851. The average molecular weight is 293 g/mol. The van der Waals surface area contributed by atoms with Gasteiger partial charge in [-0.25, -0.2) is 4.98 Å².